The van der Waals surface area contributed by atoms with Crippen LogP contribution in [0.25, 0.3) is 0 Å². The molecular weight excluding hydrogens is 234 g/mol. The second-order valence-corrected chi connectivity index (χ2v) is 6.80. The highest BCUT2D eigenvalue weighted by Gasteiger charge is 2.50. The summed E-state index contributed by atoms with van der Waals surface area (Å²) in [4.78, 5) is 0. The summed E-state index contributed by atoms with van der Waals surface area (Å²) >= 11 is 0. The van der Waals surface area contributed by atoms with Crippen LogP contribution in [-0.2, 0) is 12.8 Å². The van der Waals surface area contributed by atoms with Gasteiger partial charge in [0.05, 0.1) is 6.10 Å². The first-order valence-corrected chi connectivity index (χ1v) is 7.39. The van der Waals surface area contributed by atoms with Gasteiger partial charge in [0.2, 0.25) is 0 Å². The topological polar surface area (TPSA) is 46.2 Å². The van der Waals surface area contributed by atoms with E-state index in [0.29, 0.717) is 6.54 Å². The highest BCUT2D eigenvalue weighted by Crippen LogP contribution is 2.50. The summed E-state index contributed by atoms with van der Waals surface area (Å²) in [5, 5.41) is 10.6. The molecule has 1 aliphatic carbocycles. The summed E-state index contributed by atoms with van der Waals surface area (Å²) in [5.74, 6) is 0. The molecule has 1 aliphatic rings. The molecule has 1 aromatic carbocycles. The molecule has 3 N–H and O–H groups in total. The van der Waals surface area contributed by atoms with E-state index >= 15 is 0 Å². The molecule has 0 heterocycles. The zero-order valence-corrected chi connectivity index (χ0v) is 12.4. The molecule has 1 aromatic rings. The van der Waals surface area contributed by atoms with Crippen LogP contribution in [0.5, 0.6) is 0 Å². The standard InChI is InChI=1S/C17H27NO/c1-4-13-5-7-14(8-6-13)11-17(12-18)10-9-16(2,3)15(17)19/h5-8,15,19H,4,9-12,18H2,1-3H3. The zero-order valence-electron chi connectivity index (χ0n) is 12.4. The number of aliphatic hydroxyl groups is 1. The number of aryl methyl sites for hydroxylation is 1. The smallest absolute Gasteiger partial charge is 0.0662 e. The Morgan fingerprint density at radius 1 is 1.16 bits per heavy atom. The first-order chi connectivity index (χ1) is 8.93. The van der Waals surface area contributed by atoms with Crippen LogP contribution in [0.1, 0.15) is 44.7 Å². The molecule has 2 rings (SSSR count). The van der Waals surface area contributed by atoms with Gasteiger partial charge in [0.15, 0.2) is 0 Å². The molecule has 1 saturated carbocycles. The maximum absolute atomic E-state index is 10.6. The summed E-state index contributed by atoms with van der Waals surface area (Å²) < 4.78 is 0. The molecule has 1 fully saturated rings. The van der Waals surface area contributed by atoms with E-state index in [-0.39, 0.29) is 16.9 Å². The molecule has 0 saturated heterocycles. The lowest BCUT2D eigenvalue weighted by Gasteiger charge is -2.36. The Kier molecular flexibility index (Phi) is 4.03. The van der Waals surface area contributed by atoms with Crippen LogP contribution in [0.4, 0.5) is 0 Å². The van der Waals surface area contributed by atoms with Crippen molar-refractivity contribution in [1.29, 1.82) is 0 Å². The van der Waals surface area contributed by atoms with Crippen molar-refractivity contribution in [2.45, 2.75) is 52.6 Å². The first kappa shape index (κ1) is 14.5. The minimum Gasteiger partial charge on any atom is -0.392 e. The van der Waals surface area contributed by atoms with Gasteiger partial charge in [-0.1, -0.05) is 45.0 Å². The fourth-order valence-corrected chi connectivity index (χ4v) is 3.44. The van der Waals surface area contributed by atoms with E-state index in [9.17, 15) is 5.11 Å². The van der Waals surface area contributed by atoms with Gasteiger partial charge in [0.1, 0.15) is 0 Å². The summed E-state index contributed by atoms with van der Waals surface area (Å²) in [6, 6.07) is 8.75. The molecule has 0 aliphatic heterocycles. The lowest BCUT2D eigenvalue weighted by Crippen LogP contribution is -2.44. The van der Waals surface area contributed by atoms with Crippen molar-refractivity contribution in [3.8, 4) is 0 Å². The Labute approximate surface area is 117 Å². The molecule has 2 heteroatoms. The number of rotatable bonds is 4. The van der Waals surface area contributed by atoms with Crippen LogP contribution in [0, 0.1) is 10.8 Å². The monoisotopic (exact) mass is 261 g/mol. The Morgan fingerprint density at radius 2 is 1.74 bits per heavy atom. The third-order valence-corrected chi connectivity index (χ3v) is 4.98. The maximum Gasteiger partial charge on any atom is 0.0662 e. The fraction of sp³-hybridized carbons (Fsp3) is 0.647. The summed E-state index contributed by atoms with van der Waals surface area (Å²) in [5.41, 5.74) is 8.52. The SMILES string of the molecule is CCc1ccc(CC2(CN)CCC(C)(C)C2O)cc1. The minimum absolute atomic E-state index is 0.0112. The molecule has 0 aromatic heterocycles. The zero-order chi connectivity index (χ0) is 14.1. The van der Waals surface area contributed by atoms with Crippen LogP contribution < -0.4 is 5.73 Å². The van der Waals surface area contributed by atoms with Crippen LogP contribution in [0.2, 0.25) is 0 Å². The Balaban J connectivity index is 2.19. The van der Waals surface area contributed by atoms with Gasteiger partial charge >= 0.3 is 0 Å². The lowest BCUT2D eigenvalue weighted by atomic mass is 9.74. The van der Waals surface area contributed by atoms with Crippen LogP contribution >= 0.6 is 0 Å². The first-order valence-electron chi connectivity index (χ1n) is 7.39. The van der Waals surface area contributed by atoms with Crippen molar-refractivity contribution in [2.24, 2.45) is 16.6 Å². The Hall–Kier alpha value is -0.860. The molecule has 2 atom stereocenters. The van der Waals surface area contributed by atoms with Gasteiger partial charge in [-0.3, -0.25) is 0 Å². The number of hydrogen-bond acceptors (Lipinski definition) is 2. The van der Waals surface area contributed by atoms with Gasteiger partial charge in [0.25, 0.3) is 0 Å². The van der Waals surface area contributed by atoms with Gasteiger partial charge in [-0.25, -0.2) is 0 Å². The molecule has 0 bridgehead atoms. The highest BCUT2D eigenvalue weighted by atomic mass is 16.3. The average Bonchev–Trinajstić information content (AvgIpc) is 2.64. The average molecular weight is 261 g/mol. The van der Waals surface area contributed by atoms with Gasteiger partial charge in [-0.15, -0.1) is 0 Å². The third-order valence-electron chi connectivity index (χ3n) is 4.98. The molecule has 106 valence electrons. The lowest BCUT2D eigenvalue weighted by molar-refractivity contribution is -0.00463. The van der Waals surface area contributed by atoms with Gasteiger partial charge in [-0.05, 0) is 42.2 Å². The van der Waals surface area contributed by atoms with E-state index in [0.717, 1.165) is 25.7 Å². The van der Waals surface area contributed by atoms with E-state index in [1.165, 1.54) is 11.1 Å². The number of nitrogens with two attached hydrogens (primary N) is 1. The van der Waals surface area contributed by atoms with E-state index in [4.69, 9.17) is 5.73 Å². The maximum atomic E-state index is 10.6. The molecule has 19 heavy (non-hydrogen) atoms. The van der Waals surface area contributed by atoms with Gasteiger partial charge in [0, 0.05) is 12.0 Å². The second-order valence-electron chi connectivity index (χ2n) is 6.80. The second kappa shape index (κ2) is 5.26. The molecule has 0 amide bonds. The fourth-order valence-electron chi connectivity index (χ4n) is 3.44. The van der Waals surface area contributed by atoms with Crippen molar-refractivity contribution in [1.82, 2.24) is 0 Å². The third kappa shape index (κ3) is 2.70. The molecular formula is C17H27NO. The van der Waals surface area contributed by atoms with Crippen molar-refractivity contribution < 1.29 is 5.11 Å². The minimum atomic E-state index is -0.309. The highest BCUT2D eigenvalue weighted by molar-refractivity contribution is 5.24. The van der Waals surface area contributed by atoms with Gasteiger partial charge in [-0.2, -0.15) is 0 Å². The Morgan fingerprint density at radius 3 is 2.16 bits per heavy atom. The predicted molar refractivity (Wildman–Crippen MR) is 80.0 cm³/mol. The van der Waals surface area contributed by atoms with Crippen molar-refractivity contribution >= 4 is 0 Å². The van der Waals surface area contributed by atoms with Crippen LogP contribution in [-0.4, -0.2) is 17.8 Å². The van der Waals surface area contributed by atoms with Crippen LogP contribution in [0.3, 0.4) is 0 Å². The number of hydrogen-bond donors (Lipinski definition) is 2. The number of benzene rings is 1. The van der Waals surface area contributed by atoms with E-state index in [1.807, 2.05) is 0 Å². The van der Waals surface area contributed by atoms with Crippen molar-refractivity contribution in [3.05, 3.63) is 35.4 Å². The van der Waals surface area contributed by atoms with Crippen molar-refractivity contribution in [3.63, 3.8) is 0 Å². The van der Waals surface area contributed by atoms with Gasteiger partial charge < -0.3 is 10.8 Å². The van der Waals surface area contributed by atoms with E-state index in [1.54, 1.807) is 0 Å². The molecule has 2 unspecified atom stereocenters. The molecule has 0 spiro atoms. The van der Waals surface area contributed by atoms with Crippen LogP contribution in [0.15, 0.2) is 24.3 Å². The number of aliphatic hydroxyl groups excluding tert-OH is 1. The predicted octanol–water partition coefficient (Wildman–Crippen LogP) is 2.92. The summed E-state index contributed by atoms with van der Waals surface area (Å²) in [6.07, 6.45) is 3.72. The van der Waals surface area contributed by atoms with Crippen molar-refractivity contribution in [2.75, 3.05) is 6.54 Å². The largest absolute Gasteiger partial charge is 0.392 e. The summed E-state index contributed by atoms with van der Waals surface area (Å²) in [7, 11) is 0. The van der Waals surface area contributed by atoms with E-state index < -0.39 is 0 Å². The summed E-state index contributed by atoms with van der Waals surface area (Å²) in [6.45, 7) is 7.03. The molecule has 0 radical (unpaired) electrons. The van der Waals surface area contributed by atoms with E-state index in [2.05, 4.69) is 45.0 Å². The normalized spacial score (nSPS) is 29.6. The Bertz CT molecular complexity index is 423. The quantitative estimate of drug-likeness (QED) is 0.875. The molecule has 2 nitrogen and oxygen atoms in total.